The Morgan fingerprint density at radius 2 is 1.86 bits per heavy atom. The first-order chi connectivity index (χ1) is 13.4. The molecule has 0 aromatic heterocycles. The van der Waals surface area contributed by atoms with Gasteiger partial charge in [0.15, 0.2) is 0 Å². The Hall–Kier alpha value is -0.670. The van der Waals surface area contributed by atoms with Crippen molar-refractivity contribution in [3.63, 3.8) is 0 Å². The summed E-state index contributed by atoms with van der Waals surface area (Å²) >= 11 is 0. The van der Waals surface area contributed by atoms with Gasteiger partial charge in [-0.2, -0.15) is 0 Å². The zero-order valence-electron chi connectivity index (χ0n) is 18.3. The molecule has 3 nitrogen and oxygen atoms in total. The Balaban J connectivity index is 0.00000240. The molecule has 4 heteroatoms. The van der Waals surface area contributed by atoms with Crippen LogP contribution in [0, 0.1) is 40.4 Å². The third-order valence-electron chi connectivity index (χ3n) is 9.44. The van der Waals surface area contributed by atoms with Gasteiger partial charge in [0.1, 0.15) is 11.6 Å². The number of hydrogen-bond acceptors (Lipinski definition) is 3. The van der Waals surface area contributed by atoms with Crippen molar-refractivity contribution in [2.45, 2.75) is 84.5 Å². The van der Waals surface area contributed by atoms with E-state index in [2.05, 4.69) is 26.0 Å². The molecule has 0 saturated heterocycles. The van der Waals surface area contributed by atoms with Gasteiger partial charge in [0.25, 0.3) is 0 Å². The summed E-state index contributed by atoms with van der Waals surface area (Å²) in [5.74, 6) is 3.35. The maximum Gasteiger partial charge on any atom is 0.139 e. The lowest BCUT2D eigenvalue weighted by atomic mass is 9.44. The summed E-state index contributed by atoms with van der Waals surface area (Å²) < 4.78 is 0. The largest absolute Gasteiger partial charge is 0.330 e. The summed E-state index contributed by atoms with van der Waals surface area (Å²) in [7, 11) is 0. The van der Waals surface area contributed by atoms with Crippen molar-refractivity contribution in [2.75, 3.05) is 6.54 Å². The molecule has 4 aliphatic rings. The van der Waals surface area contributed by atoms with Crippen LogP contribution in [0.15, 0.2) is 12.2 Å². The first-order valence-electron chi connectivity index (χ1n) is 11.8. The fourth-order valence-electron chi connectivity index (χ4n) is 7.71. The molecule has 2 N–H and O–H groups in total. The van der Waals surface area contributed by atoms with Crippen molar-refractivity contribution >= 4 is 24.0 Å². The molecule has 0 aromatic carbocycles. The summed E-state index contributed by atoms with van der Waals surface area (Å²) in [5, 5.41) is 0. The molecule has 0 spiro atoms. The van der Waals surface area contributed by atoms with E-state index in [0.29, 0.717) is 35.2 Å². The smallest absolute Gasteiger partial charge is 0.139 e. The van der Waals surface area contributed by atoms with E-state index in [9.17, 15) is 9.59 Å². The predicted molar refractivity (Wildman–Crippen MR) is 120 cm³/mol. The molecule has 1 unspecified atom stereocenters. The molecule has 164 valence electrons. The minimum Gasteiger partial charge on any atom is -0.330 e. The third-order valence-corrected chi connectivity index (χ3v) is 9.44. The fourth-order valence-corrected chi connectivity index (χ4v) is 7.71. The summed E-state index contributed by atoms with van der Waals surface area (Å²) in [6.45, 7) is 5.40. The van der Waals surface area contributed by atoms with E-state index in [1.807, 2.05) is 0 Å². The van der Waals surface area contributed by atoms with Gasteiger partial charge < -0.3 is 5.73 Å². The van der Waals surface area contributed by atoms with Gasteiger partial charge in [0.2, 0.25) is 0 Å². The average Bonchev–Trinajstić information content (AvgIpc) is 2.98. The highest BCUT2D eigenvalue weighted by molar-refractivity contribution is 5.88. The maximum absolute atomic E-state index is 13.3. The first-order valence-corrected chi connectivity index (χ1v) is 11.8. The third kappa shape index (κ3) is 3.87. The molecule has 0 amide bonds. The number of unbranched alkanes of at least 4 members (excludes halogenated alkanes) is 2. The minimum atomic E-state index is -0.131. The molecular weight excluding hydrogens is 382 g/mol. The molecule has 0 bridgehead atoms. The Bertz CT molecular complexity index is 661. The molecule has 0 aliphatic heterocycles. The number of hydrogen-bond donors (Lipinski definition) is 1. The second kappa shape index (κ2) is 8.83. The van der Waals surface area contributed by atoms with Gasteiger partial charge in [0, 0.05) is 24.2 Å². The lowest BCUT2D eigenvalue weighted by molar-refractivity contribution is -0.157. The molecule has 7 atom stereocenters. The summed E-state index contributed by atoms with van der Waals surface area (Å²) in [4.78, 5) is 25.9. The number of rotatable bonds is 5. The van der Waals surface area contributed by atoms with Crippen LogP contribution in [0.25, 0.3) is 0 Å². The number of allylic oxidation sites excluding steroid dienone is 2. The first kappa shape index (κ1) is 23.0. The summed E-state index contributed by atoms with van der Waals surface area (Å²) in [6, 6.07) is 0. The number of carbonyl (C=O) groups is 2. The second-order valence-corrected chi connectivity index (χ2v) is 10.8. The lowest BCUT2D eigenvalue weighted by Gasteiger charge is -2.59. The molecule has 4 saturated carbocycles. The Kier molecular flexibility index (Phi) is 7.00. The fraction of sp³-hybridized carbons (Fsp3) is 0.840. The summed E-state index contributed by atoms with van der Waals surface area (Å²) in [5.41, 5.74) is 5.61. The number of nitrogens with two attached hydrogens (primary N) is 1. The number of halogens is 1. The van der Waals surface area contributed by atoms with Crippen molar-refractivity contribution in [3.05, 3.63) is 12.2 Å². The van der Waals surface area contributed by atoms with Crippen LogP contribution in [0.2, 0.25) is 0 Å². The highest BCUT2D eigenvalue weighted by Crippen LogP contribution is 2.65. The van der Waals surface area contributed by atoms with Crippen molar-refractivity contribution in [1.29, 1.82) is 0 Å². The monoisotopic (exact) mass is 421 g/mol. The van der Waals surface area contributed by atoms with Gasteiger partial charge in [-0.15, -0.1) is 12.4 Å². The van der Waals surface area contributed by atoms with Crippen molar-refractivity contribution in [3.8, 4) is 0 Å². The van der Waals surface area contributed by atoms with Crippen LogP contribution >= 0.6 is 12.4 Å². The van der Waals surface area contributed by atoms with Gasteiger partial charge in [-0.3, -0.25) is 9.59 Å². The van der Waals surface area contributed by atoms with Gasteiger partial charge in [0.05, 0.1) is 0 Å². The highest BCUT2D eigenvalue weighted by Gasteiger charge is 2.62. The Labute approximate surface area is 183 Å². The number of Topliss-reactive ketones (excluding diaryl/α,β-unsaturated/α-hetero) is 2. The van der Waals surface area contributed by atoms with Crippen molar-refractivity contribution < 1.29 is 9.59 Å². The highest BCUT2D eigenvalue weighted by atomic mass is 35.5. The van der Waals surface area contributed by atoms with Crippen molar-refractivity contribution in [2.24, 2.45) is 46.2 Å². The van der Waals surface area contributed by atoms with Crippen LogP contribution in [-0.4, -0.2) is 18.1 Å². The topological polar surface area (TPSA) is 60.2 Å². The number of fused-ring (bicyclic) bond motifs is 5. The van der Waals surface area contributed by atoms with Crippen LogP contribution in [0.1, 0.15) is 84.5 Å². The molecule has 0 aromatic rings. The quantitative estimate of drug-likeness (QED) is 0.470. The van der Waals surface area contributed by atoms with E-state index in [4.69, 9.17) is 5.73 Å². The van der Waals surface area contributed by atoms with Crippen LogP contribution < -0.4 is 5.73 Å². The second-order valence-electron chi connectivity index (χ2n) is 10.8. The van der Waals surface area contributed by atoms with Gasteiger partial charge in [-0.05, 0) is 93.4 Å². The van der Waals surface area contributed by atoms with Gasteiger partial charge in [-0.25, -0.2) is 0 Å². The van der Waals surface area contributed by atoms with E-state index in [-0.39, 0.29) is 29.2 Å². The Morgan fingerprint density at radius 3 is 2.62 bits per heavy atom. The minimum absolute atomic E-state index is 0. The van der Waals surface area contributed by atoms with E-state index >= 15 is 0 Å². The molecule has 4 rings (SSSR count). The SMILES string of the molecule is C[C@]12CC[C@@H](/C=C\CCCCN)CC1C(=O)C[C@@H]1[C@@H]2CC[C@]2(C)C(=O)CC[C@@H]12.Cl. The number of ketones is 2. The van der Waals surface area contributed by atoms with E-state index in [0.717, 1.165) is 57.9 Å². The lowest BCUT2D eigenvalue weighted by Crippen LogP contribution is -2.56. The van der Waals surface area contributed by atoms with Crippen LogP contribution in [0.4, 0.5) is 0 Å². The predicted octanol–water partition coefficient (Wildman–Crippen LogP) is 5.50. The molecule has 4 fully saturated rings. The van der Waals surface area contributed by atoms with Gasteiger partial charge in [-0.1, -0.05) is 26.0 Å². The molecule has 0 heterocycles. The molecular formula is C25H40ClNO2. The molecule has 29 heavy (non-hydrogen) atoms. The van der Waals surface area contributed by atoms with E-state index < -0.39 is 0 Å². The maximum atomic E-state index is 13.3. The van der Waals surface area contributed by atoms with Gasteiger partial charge >= 0.3 is 0 Å². The van der Waals surface area contributed by atoms with Crippen molar-refractivity contribution in [1.82, 2.24) is 0 Å². The zero-order valence-corrected chi connectivity index (χ0v) is 19.1. The number of carbonyl (C=O) groups excluding carboxylic acids is 2. The van der Waals surface area contributed by atoms with Crippen LogP contribution in [0.5, 0.6) is 0 Å². The van der Waals surface area contributed by atoms with E-state index in [1.165, 1.54) is 19.3 Å². The van der Waals surface area contributed by atoms with E-state index in [1.54, 1.807) is 0 Å². The zero-order chi connectivity index (χ0) is 19.9. The normalized spacial score (nSPS) is 44.2. The molecule has 0 radical (unpaired) electrons. The Morgan fingerprint density at radius 1 is 1.07 bits per heavy atom. The standard InChI is InChI=1S/C25H39NO2.ClH/c1-24-12-10-17(7-5-3-4-6-14-26)15-21(24)22(27)16-18-19-8-9-23(28)25(19,2)13-11-20(18)24;/h5,7,17-21H,3-4,6,8-16,26H2,1-2H3;1H/b7-5-;/t17-,18+,19+,20+,21?,24-,25+;/m1./s1. The van der Waals surface area contributed by atoms with Crippen LogP contribution in [-0.2, 0) is 9.59 Å². The average molecular weight is 422 g/mol. The molecule has 4 aliphatic carbocycles. The van der Waals surface area contributed by atoms with Crippen LogP contribution in [0.3, 0.4) is 0 Å². The summed E-state index contributed by atoms with van der Waals surface area (Å²) in [6.07, 6.45) is 16.3.